The molecule has 0 amide bonds. The van der Waals surface area contributed by atoms with E-state index in [4.69, 9.17) is 11.6 Å². The molecule has 1 nitrogen and oxygen atoms in total. The SMILES string of the molecule is Cc1ccc(Br)cc1C(O)Cc1ccc(F)c(Cl)c1. The van der Waals surface area contributed by atoms with Crippen molar-refractivity contribution in [1.82, 2.24) is 0 Å². The van der Waals surface area contributed by atoms with Crippen molar-refractivity contribution >= 4 is 27.5 Å². The summed E-state index contributed by atoms with van der Waals surface area (Å²) in [6.07, 6.45) is -0.240. The molecule has 2 aromatic carbocycles. The zero-order valence-corrected chi connectivity index (χ0v) is 12.7. The maximum atomic E-state index is 13.1. The van der Waals surface area contributed by atoms with Gasteiger partial charge in [-0.1, -0.05) is 39.7 Å². The average molecular weight is 344 g/mol. The van der Waals surface area contributed by atoms with Crippen molar-refractivity contribution in [3.05, 3.63) is 68.4 Å². The third kappa shape index (κ3) is 3.56. The van der Waals surface area contributed by atoms with E-state index in [2.05, 4.69) is 15.9 Å². The first-order chi connectivity index (χ1) is 8.97. The highest BCUT2D eigenvalue weighted by Gasteiger charge is 2.12. The first kappa shape index (κ1) is 14.5. The largest absolute Gasteiger partial charge is 0.388 e. The zero-order chi connectivity index (χ0) is 14.0. The number of halogens is 3. The quantitative estimate of drug-likeness (QED) is 0.846. The van der Waals surface area contributed by atoms with Gasteiger partial charge in [0.1, 0.15) is 5.82 Å². The molecule has 0 fully saturated rings. The van der Waals surface area contributed by atoms with Gasteiger partial charge in [-0.15, -0.1) is 0 Å². The molecule has 1 N–H and O–H groups in total. The van der Waals surface area contributed by atoms with Crippen molar-refractivity contribution in [2.45, 2.75) is 19.4 Å². The summed E-state index contributed by atoms with van der Waals surface area (Å²) in [6, 6.07) is 10.3. The molecule has 4 heteroatoms. The molecule has 0 bridgehead atoms. The van der Waals surface area contributed by atoms with Crippen LogP contribution < -0.4 is 0 Å². The average Bonchev–Trinajstić information content (AvgIpc) is 2.36. The van der Waals surface area contributed by atoms with Gasteiger partial charge in [-0.25, -0.2) is 4.39 Å². The van der Waals surface area contributed by atoms with Crippen LogP contribution in [0.3, 0.4) is 0 Å². The predicted octanol–water partition coefficient (Wildman–Crippen LogP) is 4.83. The summed E-state index contributed by atoms with van der Waals surface area (Å²) < 4.78 is 14.0. The van der Waals surface area contributed by atoms with Crippen molar-refractivity contribution < 1.29 is 9.50 Å². The van der Waals surface area contributed by atoms with E-state index >= 15 is 0 Å². The van der Waals surface area contributed by atoms with Gasteiger partial charge in [-0.3, -0.25) is 0 Å². The third-order valence-corrected chi connectivity index (χ3v) is 3.80. The van der Waals surface area contributed by atoms with Gasteiger partial charge in [0, 0.05) is 10.9 Å². The molecule has 1 atom stereocenters. The fraction of sp³-hybridized carbons (Fsp3) is 0.200. The second kappa shape index (κ2) is 6.04. The standard InChI is InChI=1S/C15H13BrClFO/c1-9-2-4-11(16)8-12(9)15(19)7-10-3-5-14(18)13(17)6-10/h2-6,8,15,19H,7H2,1H3. The Morgan fingerprint density at radius 3 is 2.68 bits per heavy atom. The minimum absolute atomic E-state index is 0.0793. The molecule has 0 aliphatic heterocycles. The van der Waals surface area contributed by atoms with Crippen LogP contribution in [0, 0.1) is 12.7 Å². The molecule has 0 heterocycles. The van der Waals surface area contributed by atoms with Crippen LogP contribution in [0.1, 0.15) is 22.8 Å². The maximum Gasteiger partial charge on any atom is 0.141 e. The van der Waals surface area contributed by atoms with E-state index in [-0.39, 0.29) is 5.02 Å². The van der Waals surface area contributed by atoms with Crippen LogP contribution in [-0.2, 0) is 6.42 Å². The molecule has 0 aromatic heterocycles. The van der Waals surface area contributed by atoms with Gasteiger partial charge >= 0.3 is 0 Å². The first-order valence-corrected chi connectivity index (χ1v) is 7.02. The topological polar surface area (TPSA) is 20.2 Å². The molecule has 100 valence electrons. The molecular weight excluding hydrogens is 331 g/mol. The lowest BCUT2D eigenvalue weighted by molar-refractivity contribution is 0.177. The number of hydrogen-bond donors (Lipinski definition) is 1. The van der Waals surface area contributed by atoms with Crippen LogP contribution in [0.4, 0.5) is 4.39 Å². The fourth-order valence-corrected chi connectivity index (χ4v) is 2.55. The molecule has 0 aliphatic carbocycles. The second-order valence-electron chi connectivity index (χ2n) is 4.47. The molecule has 0 spiro atoms. The summed E-state index contributed by atoms with van der Waals surface area (Å²) in [7, 11) is 0. The van der Waals surface area contributed by atoms with Crippen molar-refractivity contribution in [2.75, 3.05) is 0 Å². The smallest absolute Gasteiger partial charge is 0.141 e. The van der Waals surface area contributed by atoms with Gasteiger partial charge in [0.05, 0.1) is 11.1 Å². The lowest BCUT2D eigenvalue weighted by atomic mass is 9.98. The molecule has 19 heavy (non-hydrogen) atoms. The third-order valence-electron chi connectivity index (χ3n) is 3.01. The van der Waals surface area contributed by atoms with E-state index in [1.807, 2.05) is 25.1 Å². The lowest BCUT2D eigenvalue weighted by Crippen LogP contribution is -2.04. The molecule has 0 saturated heterocycles. The normalized spacial score (nSPS) is 12.5. The summed E-state index contributed by atoms with van der Waals surface area (Å²) >= 11 is 9.13. The summed E-state index contributed by atoms with van der Waals surface area (Å²) in [5, 5.41) is 10.4. The van der Waals surface area contributed by atoms with Crippen molar-refractivity contribution in [3.8, 4) is 0 Å². The molecule has 0 radical (unpaired) electrons. The van der Waals surface area contributed by atoms with E-state index in [1.54, 1.807) is 12.1 Å². The lowest BCUT2D eigenvalue weighted by Gasteiger charge is -2.14. The highest BCUT2D eigenvalue weighted by Crippen LogP contribution is 2.26. The second-order valence-corrected chi connectivity index (χ2v) is 5.79. The van der Waals surface area contributed by atoms with E-state index in [0.717, 1.165) is 21.2 Å². The minimum Gasteiger partial charge on any atom is -0.388 e. The van der Waals surface area contributed by atoms with Crippen LogP contribution in [0.2, 0.25) is 5.02 Å². The summed E-state index contributed by atoms with van der Waals surface area (Å²) in [5.41, 5.74) is 2.68. The monoisotopic (exact) mass is 342 g/mol. The predicted molar refractivity (Wildman–Crippen MR) is 79.0 cm³/mol. The summed E-state index contributed by atoms with van der Waals surface area (Å²) in [5.74, 6) is -0.446. The summed E-state index contributed by atoms with van der Waals surface area (Å²) in [4.78, 5) is 0. The van der Waals surface area contributed by atoms with Crippen LogP contribution in [0.25, 0.3) is 0 Å². The number of rotatable bonds is 3. The number of aliphatic hydroxyl groups excluding tert-OH is 1. The Morgan fingerprint density at radius 2 is 2.00 bits per heavy atom. The molecule has 1 unspecified atom stereocenters. The van der Waals surface area contributed by atoms with Crippen LogP contribution in [0.15, 0.2) is 40.9 Å². The van der Waals surface area contributed by atoms with E-state index in [1.165, 1.54) is 6.07 Å². The van der Waals surface area contributed by atoms with E-state index < -0.39 is 11.9 Å². The van der Waals surface area contributed by atoms with Gasteiger partial charge in [-0.2, -0.15) is 0 Å². The first-order valence-electron chi connectivity index (χ1n) is 5.85. The fourth-order valence-electron chi connectivity index (χ4n) is 1.97. The van der Waals surface area contributed by atoms with Gasteiger partial charge in [0.2, 0.25) is 0 Å². The number of aliphatic hydroxyl groups is 1. The van der Waals surface area contributed by atoms with Crippen molar-refractivity contribution in [1.29, 1.82) is 0 Å². The maximum absolute atomic E-state index is 13.1. The molecule has 2 aromatic rings. The molecule has 0 saturated carbocycles. The van der Waals surface area contributed by atoms with Gasteiger partial charge < -0.3 is 5.11 Å². The number of aryl methyl sites for hydroxylation is 1. The van der Waals surface area contributed by atoms with Crippen molar-refractivity contribution in [3.63, 3.8) is 0 Å². The van der Waals surface area contributed by atoms with E-state index in [9.17, 15) is 9.50 Å². The van der Waals surface area contributed by atoms with Gasteiger partial charge in [-0.05, 0) is 47.9 Å². The molecule has 2 rings (SSSR count). The summed E-state index contributed by atoms with van der Waals surface area (Å²) in [6.45, 7) is 1.95. The Morgan fingerprint density at radius 1 is 1.26 bits per heavy atom. The van der Waals surface area contributed by atoms with Crippen LogP contribution >= 0.6 is 27.5 Å². The zero-order valence-electron chi connectivity index (χ0n) is 10.3. The molecule has 0 aliphatic rings. The number of benzene rings is 2. The Labute approximate surface area is 125 Å². The van der Waals surface area contributed by atoms with Crippen molar-refractivity contribution in [2.24, 2.45) is 0 Å². The Hall–Kier alpha value is -0.900. The molecular formula is C15H13BrClFO. The van der Waals surface area contributed by atoms with Gasteiger partial charge in [0.25, 0.3) is 0 Å². The Bertz CT molecular complexity index is 601. The highest BCUT2D eigenvalue weighted by atomic mass is 79.9. The highest BCUT2D eigenvalue weighted by molar-refractivity contribution is 9.10. The minimum atomic E-state index is -0.640. The van der Waals surface area contributed by atoms with Crippen LogP contribution in [-0.4, -0.2) is 5.11 Å². The van der Waals surface area contributed by atoms with E-state index in [0.29, 0.717) is 6.42 Å². The Balaban J connectivity index is 2.22. The van der Waals surface area contributed by atoms with Crippen LogP contribution in [0.5, 0.6) is 0 Å². The number of hydrogen-bond acceptors (Lipinski definition) is 1. The Kier molecular flexibility index (Phi) is 4.61. The van der Waals surface area contributed by atoms with Gasteiger partial charge in [0.15, 0.2) is 0 Å².